The number of ether oxygens (including phenoxy) is 4. The maximum Gasteiger partial charge on any atom is 0.238 e. The number of hydrogen-bond acceptors (Lipinski definition) is 6. The summed E-state index contributed by atoms with van der Waals surface area (Å²) in [6.45, 7) is 1.87. The summed E-state index contributed by atoms with van der Waals surface area (Å²) >= 11 is 0. The minimum atomic E-state index is -0.0531. The number of likely N-dealkylation sites (tertiary alicyclic amines) is 1. The minimum Gasteiger partial charge on any atom is -0.493 e. The number of rotatable bonds is 9. The molecule has 7 nitrogen and oxygen atoms in total. The highest BCUT2D eigenvalue weighted by Crippen LogP contribution is 2.38. The van der Waals surface area contributed by atoms with E-state index >= 15 is 0 Å². The molecule has 1 aliphatic heterocycles. The van der Waals surface area contributed by atoms with Crippen molar-refractivity contribution >= 4 is 11.6 Å². The van der Waals surface area contributed by atoms with Crippen LogP contribution >= 0.6 is 0 Å². The third kappa shape index (κ3) is 6.20. The molecule has 1 fully saturated rings. The fourth-order valence-corrected chi connectivity index (χ4v) is 3.95. The van der Waals surface area contributed by atoms with Crippen LogP contribution in [0.1, 0.15) is 12.8 Å². The van der Waals surface area contributed by atoms with Crippen molar-refractivity contribution in [2.45, 2.75) is 18.9 Å². The van der Waals surface area contributed by atoms with Crippen LogP contribution in [0.25, 0.3) is 0 Å². The summed E-state index contributed by atoms with van der Waals surface area (Å²) in [6.07, 6.45) is 1.67. The van der Waals surface area contributed by atoms with Crippen LogP contribution in [0, 0.1) is 0 Å². The van der Waals surface area contributed by atoms with E-state index in [1.165, 1.54) is 0 Å². The van der Waals surface area contributed by atoms with E-state index in [2.05, 4.69) is 10.2 Å². The summed E-state index contributed by atoms with van der Waals surface area (Å²) in [4.78, 5) is 14.8. The standard InChI is InChI=1S/C27H30N2O5/c1-31-24-12-7-13-25(32-2)27(24)34-22-14-16-29(17-15-22)19-26(30)28-20-8-6-11-23(18-20)33-21-9-4-3-5-10-21/h3-13,18,22H,14-17,19H2,1-2H3,(H,28,30). The SMILES string of the molecule is COc1cccc(OC)c1OC1CCN(CC(=O)Nc2cccc(Oc3ccccc3)c2)CC1. The second-order valence-corrected chi connectivity index (χ2v) is 8.08. The summed E-state index contributed by atoms with van der Waals surface area (Å²) in [5.41, 5.74) is 0.708. The number of amides is 1. The molecule has 7 heteroatoms. The first kappa shape index (κ1) is 23.4. The molecule has 0 spiro atoms. The normalized spacial score (nSPS) is 14.3. The largest absolute Gasteiger partial charge is 0.493 e. The third-order valence-corrected chi connectivity index (χ3v) is 5.67. The first-order valence-electron chi connectivity index (χ1n) is 11.4. The summed E-state index contributed by atoms with van der Waals surface area (Å²) in [5.74, 6) is 3.30. The molecule has 0 radical (unpaired) electrons. The van der Waals surface area contributed by atoms with Crippen LogP contribution in [0.3, 0.4) is 0 Å². The zero-order chi connectivity index (χ0) is 23.8. The van der Waals surface area contributed by atoms with Gasteiger partial charge in [0, 0.05) is 24.8 Å². The zero-order valence-electron chi connectivity index (χ0n) is 19.5. The Bertz CT molecular complexity index is 1060. The number of nitrogens with zero attached hydrogens (tertiary/aromatic N) is 1. The lowest BCUT2D eigenvalue weighted by Crippen LogP contribution is -2.42. The van der Waals surface area contributed by atoms with Crippen molar-refractivity contribution in [2.24, 2.45) is 0 Å². The van der Waals surface area contributed by atoms with Crippen molar-refractivity contribution in [2.75, 3.05) is 39.2 Å². The van der Waals surface area contributed by atoms with E-state index in [9.17, 15) is 4.79 Å². The van der Waals surface area contributed by atoms with Crippen molar-refractivity contribution in [1.82, 2.24) is 4.90 Å². The molecule has 1 N–H and O–H groups in total. The van der Waals surface area contributed by atoms with Crippen molar-refractivity contribution in [1.29, 1.82) is 0 Å². The summed E-state index contributed by atoms with van der Waals surface area (Å²) in [6, 6.07) is 22.6. The fourth-order valence-electron chi connectivity index (χ4n) is 3.95. The van der Waals surface area contributed by atoms with Gasteiger partial charge in [0.1, 0.15) is 17.6 Å². The highest BCUT2D eigenvalue weighted by Gasteiger charge is 2.24. The van der Waals surface area contributed by atoms with E-state index in [1.54, 1.807) is 14.2 Å². The molecule has 0 unspecified atom stereocenters. The Morgan fingerprint density at radius 3 is 2.21 bits per heavy atom. The molecular weight excluding hydrogens is 432 g/mol. The molecule has 0 aromatic heterocycles. The van der Waals surface area contributed by atoms with Gasteiger partial charge in [0.25, 0.3) is 0 Å². The topological polar surface area (TPSA) is 69.3 Å². The third-order valence-electron chi connectivity index (χ3n) is 5.67. The van der Waals surface area contributed by atoms with Crippen LogP contribution in [-0.2, 0) is 4.79 Å². The zero-order valence-corrected chi connectivity index (χ0v) is 19.5. The Hall–Kier alpha value is -3.71. The Labute approximate surface area is 200 Å². The van der Waals surface area contributed by atoms with Gasteiger partial charge in [-0.15, -0.1) is 0 Å². The molecule has 4 rings (SSSR count). The van der Waals surface area contributed by atoms with Gasteiger partial charge in [-0.1, -0.05) is 30.3 Å². The molecule has 34 heavy (non-hydrogen) atoms. The molecular formula is C27H30N2O5. The summed E-state index contributed by atoms with van der Waals surface area (Å²) in [5, 5.41) is 2.97. The molecule has 0 saturated carbocycles. The average Bonchev–Trinajstić information content (AvgIpc) is 2.86. The van der Waals surface area contributed by atoms with E-state index in [4.69, 9.17) is 18.9 Å². The lowest BCUT2D eigenvalue weighted by atomic mass is 10.1. The molecule has 0 aliphatic carbocycles. The van der Waals surface area contributed by atoms with Crippen LogP contribution in [-0.4, -0.2) is 50.8 Å². The second-order valence-electron chi connectivity index (χ2n) is 8.08. The predicted octanol–water partition coefficient (Wildman–Crippen LogP) is 4.98. The van der Waals surface area contributed by atoms with Gasteiger partial charge in [-0.2, -0.15) is 0 Å². The highest BCUT2D eigenvalue weighted by molar-refractivity contribution is 5.92. The van der Waals surface area contributed by atoms with Crippen LogP contribution in [0.5, 0.6) is 28.7 Å². The predicted molar refractivity (Wildman–Crippen MR) is 131 cm³/mol. The van der Waals surface area contributed by atoms with Crippen LogP contribution in [0.2, 0.25) is 0 Å². The van der Waals surface area contributed by atoms with E-state index in [0.29, 0.717) is 35.2 Å². The Kier molecular flexibility index (Phi) is 7.88. The Morgan fingerprint density at radius 2 is 1.53 bits per heavy atom. The number of carbonyl (C=O) groups excluding carboxylic acids is 1. The van der Waals surface area contributed by atoms with E-state index in [1.807, 2.05) is 72.8 Å². The summed E-state index contributed by atoms with van der Waals surface area (Å²) < 4.78 is 22.9. The monoisotopic (exact) mass is 462 g/mol. The maximum atomic E-state index is 12.6. The minimum absolute atomic E-state index is 0.0383. The molecule has 3 aromatic carbocycles. The number of piperidine rings is 1. The number of hydrogen-bond donors (Lipinski definition) is 1. The average molecular weight is 463 g/mol. The van der Waals surface area contributed by atoms with Crippen molar-refractivity contribution in [3.05, 3.63) is 72.8 Å². The van der Waals surface area contributed by atoms with Gasteiger partial charge in [0.15, 0.2) is 11.5 Å². The molecule has 1 amide bonds. The van der Waals surface area contributed by atoms with Gasteiger partial charge in [-0.25, -0.2) is 0 Å². The Balaban J connectivity index is 1.26. The van der Waals surface area contributed by atoms with E-state index in [0.717, 1.165) is 31.7 Å². The van der Waals surface area contributed by atoms with Gasteiger partial charge in [0.2, 0.25) is 11.7 Å². The van der Waals surface area contributed by atoms with Gasteiger partial charge in [-0.05, 0) is 49.2 Å². The molecule has 1 aliphatic rings. The fraction of sp³-hybridized carbons (Fsp3) is 0.296. The number of benzene rings is 3. The maximum absolute atomic E-state index is 12.6. The van der Waals surface area contributed by atoms with Gasteiger partial charge < -0.3 is 24.3 Å². The van der Waals surface area contributed by atoms with Crippen LogP contribution in [0.4, 0.5) is 5.69 Å². The van der Waals surface area contributed by atoms with Gasteiger partial charge in [0.05, 0.1) is 20.8 Å². The lowest BCUT2D eigenvalue weighted by molar-refractivity contribution is -0.117. The highest BCUT2D eigenvalue weighted by atomic mass is 16.5. The first-order valence-corrected chi connectivity index (χ1v) is 11.4. The van der Waals surface area contributed by atoms with E-state index in [-0.39, 0.29) is 12.0 Å². The van der Waals surface area contributed by atoms with Crippen molar-refractivity contribution in [3.63, 3.8) is 0 Å². The number of anilines is 1. The summed E-state index contributed by atoms with van der Waals surface area (Å²) in [7, 11) is 3.23. The molecule has 3 aromatic rings. The Morgan fingerprint density at radius 1 is 0.882 bits per heavy atom. The van der Waals surface area contributed by atoms with Gasteiger partial charge in [-0.3, -0.25) is 9.69 Å². The number of carbonyl (C=O) groups is 1. The van der Waals surface area contributed by atoms with E-state index < -0.39 is 0 Å². The first-order chi connectivity index (χ1) is 16.6. The smallest absolute Gasteiger partial charge is 0.238 e. The van der Waals surface area contributed by atoms with Crippen molar-refractivity contribution in [3.8, 4) is 28.7 Å². The lowest BCUT2D eigenvalue weighted by Gasteiger charge is -2.32. The second kappa shape index (κ2) is 11.4. The van der Waals surface area contributed by atoms with Crippen LogP contribution in [0.15, 0.2) is 72.8 Å². The number of nitrogens with one attached hydrogen (secondary N) is 1. The molecule has 1 saturated heterocycles. The quantitative estimate of drug-likeness (QED) is 0.484. The molecule has 178 valence electrons. The molecule has 0 atom stereocenters. The number of para-hydroxylation sites is 2. The van der Waals surface area contributed by atoms with Gasteiger partial charge >= 0.3 is 0 Å². The molecule has 0 bridgehead atoms. The number of methoxy groups -OCH3 is 2. The molecule has 1 heterocycles. The van der Waals surface area contributed by atoms with Crippen molar-refractivity contribution < 1.29 is 23.7 Å². The van der Waals surface area contributed by atoms with Crippen LogP contribution < -0.4 is 24.3 Å².